The Morgan fingerprint density at radius 2 is 1.93 bits per heavy atom. The molecule has 6 nitrogen and oxygen atoms in total. The van der Waals surface area contributed by atoms with E-state index in [0.717, 1.165) is 12.1 Å². The zero-order valence-electron chi connectivity index (χ0n) is 17.0. The van der Waals surface area contributed by atoms with Crippen molar-refractivity contribution in [3.05, 3.63) is 53.2 Å². The van der Waals surface area contributed by atoms with E-state index in [1.807, 2.05) is 19.9 Å². The molecule has 3 N–H and O–H groups in total. The van der Waals surface area contributed by atoms with Crippen LogP contribution in [0.3, 0.4) is 0 Å². The molecule has 150 valence electrons. The highest BCUT2D eigenvalue weighted by atomic mass is 32.2. The third-order valence-electron chi connectivity index (χ3n) is 4.02. The number of aliphatic imine (C=N–C) groups is 1. The number of pyridine rings is 1. The molecule has 1 amide bonds. The quantitative estimate of drug-likeness (QED) is 0.360. The van der Waals surface area contributed by atoms with Crippen LogP contribution in [0.4, 0.5) is 5.82 Å². The molecule has 2 aromatic rings. The van der Waals surface area contributed by atoms with Gasteiger partial charge in [-0.15, -0.1) is 11.8 Å². The second kappa shape index (κ2) is 11.3. The standard InChI is InChI=1S/C21H29N5OS/c1-5-22-21(25-14-17-8-6-15(2)12-18(17)28-4)23-11-10-20(27)26-19-9-7-16(3)13-24-19/h6-9,12-13H,5,10-11,14H2,1-4H3,(H2,22,23,25)(H,24,26,27). The molecule has 0 radical (unpaired) electrons. The van der Waals surface area contributed by atoms with Crippen LogP contribution in [0.15, 0.2) is 46.4 Å². The molecule has 0 fully saturated rings. The number of hydrogen-bond acceptors (Lipinski definition) is 4. The lowest BCUT2D eigenvalue weighted by Crippen LogP contribution is -2.38. The number of amides is 1. The number of hydrogen-bond donors (Lipinski definition) is 3. The number of anilines is 1. The van der Waals surface area contributed by atoms with Crippen molar-refractivity contribution >= 4 is 29.4 Å². The van der Waals surface area contributed by atoms with Crippen molar-refractivity contribution in [2.75, 3.05) is 24.7 Å². The zero-order chi connectivity index (χ0) is 20.4. The fraction of sp³-hybridized carbons (Fsp3) is 0.381. The first-order valence-electron chi connectivity index (χ1n) is 9.40. The van der Waals surface area contributed by atoms with Crippen LogP contribution in [0.5, 0.6) is 0 Å². The first kappa shape index (κ1) is 21.8. The molecule has 0 unspecified atom stereocenters. The maximum Gasteiger partial charge on any atom is 0.227 e. The van der Waals surface area contributed by atoms with Gasteiger partial charge < -0.3 is 16.0 Å². The fourth-order valence-corrected chi connectivity index (χ4v) is 3.23. The summed E-state index contributed by atoms with van der Waals surface area (Å²) in [6.07, 6.45) is 4.14. The summed E-state index contributed by atoms with van der Waals surface area (Å²) < 4.78 is 0. The SMILES string of the molecule is CCNC(=NCc1ccc(C)cc1SC)NCCC(=O)Nc1ccc(C)cn1. The summed E-state index contributed by atoms with van der Waals surface area (Å²) in [4.78, 5) is 22.2. The molecule has 0 saturated heterocycles. The van der Waals surface area contributed by atoms with Gasteiger partial charge in [-0.25, -0.2) is 9.98 Å². The van der Waals surface area contributed by atoms with Crippen LogP contribution in [0.25, 0.3) is 0 Å². The number of carbonyl (C=O) groups is 1. The number of benzene rings is 1. The Hall–Kier alpha value is -2.54. The molecule has 0 saturated carbocycles. The smallest absolute Gasteiger partial charge is 0.227 e. The summed E-state index contributed by atoms with van der Waals surface area (Å²) in [6, 6.07) is 10.1. The minimum Gasteiger partial charge on any atom is -0.357 e. The lowest BCUT2D eigenvalue weighted by Gasteiger charge is -2.12. The summed E-state index contributed by atoms with van der Waals surface area (Å²) in [5.74, 6) is 1.19. The Morgan fingerprint density at radius 3 is 2.61 bits per heavy atom. The molecule has 0 spiro atoms. The third kappa shape index (κ3) is 7.23. The van der Waals surface area contributed by atoms with E-state index >= 15 is 0 Å². The lowest BCUT2D eigenvalue weighted by atomic mass is 10.1. The van der Waals surface area contributed by atoms with Gasteiger partial charge in [0.05, 0.1) is 6.54 Å². The van der Waals surface area contributed by atoms with Crippen LogP contribution in [-0.2, 0) is 11.3 Å². The Bertz CT molecular complexity index is 805. The molecular weight excluding hydrogens is 370 g/mol. The van der Waals surface area contributed by atoms with Crippen LogP contribution in [0, 0.1) is 13.8 Å². The Kier molecular flexibility index (Phi) is 8.81. The van der Waals surface area contributed by atoms with Crippen molar-refractivity contribution in [1.29, 1.82) is 0 Å². The van der Waals surface area contributed by atoms with Crippen LogP contribution < -0.4 is 16.0 Å². The molecule has 0 aliphatic rings. The maximum absolute atomic E-state index is 12.1. The molecule has 0 aliphatic carbocycles. The molecule has 0 atom stereocenters. The van der Waals surface area contributed by atoms with E-state index in [4.69, 9.17) is 0 Å². The van der Waals surface area contributed by atoms with E-state index in [2.05, 4.69) is 57.3 Å². The summed E-state index contributed by atoms with van der Waals surface area (Å²) >= 11 is 1.73. The van der Waals surface area contributed by atoms with Crippen LogP contribution in [0.2, 0.25) is 0 Å². The fourth-order valence-electron chi connectivity index (χ4n) is 2.53. The van der Waals surface area contributed by atoms with Crippen molar-refractivity contribution in [3.8, 4) is 0 Å². The zero-order valence-corrected chi connectivity index (χ0v) is 17.8. The lowest BCUT2D eigenvalue weighted by molar-refractivity contribution is -0.116. The third-order valence-corrected chi connectivity index (χ3v) is 4.84. The van der Waals surface area contributed by atoms with Gasteiger partial charge in [0.15, 0.2) is 5.96 Å². The first-order chi connectivity index (χ1) is 13.5. The van der Waals surface area contributed by atoms with Crippen molar-refractivity contribution < 1.29 is 4.79 Å². The van der Waals surface area contributed by atoms with E-state index in [1.165, 1.54) is 16.0 Å². The molecule has 1 heterocycles. The Labute approximate surface area is 171 Å². The van der Waals surface area contributed by atoms with Gasteiger partial charge >= 0.3 is 0 Å². The van der Waals surface area contributed by atoms with Crippen molar-refractivity contribution in [2.45, 2.75) is 38.6 Å². The molecule has 2 rings (SSSR count). The van der Waals surface area contributed by atoms with Gasteiger partial charge in [0.25, 0.3) is 0 Å². The monoisotopic (exact) mass is 399 g/mol. The van der Waals surface area contributed by atoms with Gasteiger partial charge in [0.1, 0.15) is 5.82 Å². The normalized spacial score (nSPS) is 11.2. The van der Waals surface area contributed by atoms with Crippen molar-refractivity contribution in [1.82, 2.24) is 15.6 Å². The predicted octanol–water partition coefficient (Wildman–Crippen LogP) is 3.50. The van der Waals surface area contributed by atoms with Crippen LogP contribution in [0.1, 0.15) is 30.0 Å². The first-order valence-corrected chi connectivity index (χ1v) is 10.6. The van der Waals surface area contributed by atoms with Crippen molar-refractivity contribution in [3.63, 3.8) is 0 Å². The highest BCUT2D eigenvalue weighted by Crippen LogP contribution is 2.22. The van der Waals surface area contributed by atoms with E-state index in [-0.39, 0.29) is 5.91 Å². The summed E-state index contributed by atoms with van der Waals surface area (Å²) in [6.45, 7) is 7.91. The number of nitrogens with zero attached hydrogens (tertiary/aromatic N) is 2. The topological polar surface area (TPSA) is 78.4 Å². The summed E-state index contributed by atoms with van der Waals surface area (Å²) in [5.41, 5.74) is 3.50. The number of aryl methyl sites for hydroxylation is 2. The van der Waals surface area contributed by atoms with Crippen LogP contribution in [-0.4, -0.2) is 36.2 Å². The molecule has 28 heavy (non-hydrogen) atoms. The van der Waals surface area contributed by atoms with Gasteiger partial charge in [0.2, 0.25) is 5.91 Å². The second-order valence-electron chi connectivity index (χ2n) is 6.46. The minimum absolute atomic E-state index is 0.0806. The van der Waals surface area contributed by atoms with Gasteiger partial charge in [0, 0.05) is 30.6 Å². The highest BCUT2D eigenvalue weighted by Gasteiger charge is 2.06. The van der Waals surface area contributed by atoms with E-state index in [9.17, 15) is 4.79 Å². The summed E-state index contributed by atoms with van der Waals surface area (Å²) in [7, 11) is 0. The average molecular weight is 400 g/mol. The molecule has 0 bridgehead atoms. The minimum atomic E-state index is -0.0806. The van der Waals surface area contributed by atoms with E-state index < -0.39 is 0 Å². The molecule has 7 heteroatoms. The number of carbonyl (C=O) groups excluding carboxylic acids is 1. The van der Waals surface area contributed by atoms with Gasteiger partial charge in [-0.05, 0) is 55.9 Å². The molecule has 0 aliphatic heterocycles. The van der Waals surface area contributed by atoms with Crippen molar-refractivity contribution in [2.24, 2.45) is 4.99 Å². The highest BCUT2D eigenvalue weighted by molar-refractivity contribution is 7.98. The predicted molar refractivity (Wildman–Crippen MR) is 118 cm³/mol. The largest absolute Gasteiger partial charge is 0.357 e. The van der Waals surface area contributed by atoms with Gasteiger partial charge in [-0.3, -0.25) is 4.79 Å². The van der Waals surface area contributed by atoms with Crippen LogP contribution >= 0.6 is 11.8 Å². The van der Waals surface area contributed by atoms with E-state index in [1.54, 1.807) is 24.0 Å². The number of guanidine groups is 1. The molecular formula is C21H29N5OS. The number of aromatic nitrogens is 1. The number of rotatable bonds is 8. The van der Waals surface area contributed by atoms with E-state index in [0.29, 0.717) is 31.3 Å². The molecule has 1 aromatic carbocycles. The van der Waals surface area contributed by atoms with Gasteiger partial charge in [-0.1, -0.05) is 18.2 Å². The number of nitrogens with one attached hydrogen (secondary N) is 3. The Balaban J connectivity index is 1.87. The number of thioether (sulfide) groups is 1. The summed E-state index contributed by atoms with van der Waals surface area (Å²) in [5, 5.41) is 9.24. The molecule has 1 aromatic heterocycles. The second-order valence-corrected chi connectivity index (χ2v) is 7.30. The van der Waals surface area contributed by atoms with Gasteiger partial charge in [-0.2, -0.15) is 0 Å². The average Bonchev–Trinajstić information content (AvgIpc) is 2.68. The maximum atomic E-state index is 12.1. The Morgan fingerprint density at radius 1 is 1.14 bits per heavy atom.